The molecule has 2 N–H and O–H groups in total. The third-order valence-corrected chi connectivity index (χ3v) is 3.88. The van der Waals surface area contributed by atoms with Gasteiger partial charge in [-0.3, -0.25) is 4.79 Å². The summed E-state index contributed by atoms with van der Waals surface area (Å²) in [6.45, 7) is 3.24. The van der Waals surface area contributed by atoms with Crippen molar-refractivity contribution in [2.24, 2.45) is 0 Å². The topological polar surface area (TPSA) is 53.6 Å². The van der Waals surface area contributed by atoms with Crippen molar-refractivity contribution in [1.29, 1.82) is 0 Å². The van der Waals surface area contributed by atoms with Crippen molar-refractivity contribution in [3.63, 3.8) is 0 Å². The highest BCUT2D eigenvalue weighted by Crippen LogP contribution is 2.32. The number of nitrogens with zero attached hydrogens (tertiary/aromatic N) is 1. The molecule has 1 fully saturated rings. The maximum atomic E-state index is 12.1. The molecule has 1 aromatic carbocycles. The number of amides is 1. The van der Waals surface area contributed by atoms with E-state index >= 15 is 0 Å². The van der Waals surface area contributed by atoms with E-state index in [4.69, 9.17) is 4.74 Å². The zero-order chi connectivity index (χ0) is 13.2. The third-order valence-electron chi connectivity index (χ3n) is 3.38. The van der Waals surface area contributed by atoms with Gasteiger partial charge in [0.05, 0.1) is 31.1 Å². The number of carbonyl (C=O) groups excluding carboxylic acids is 1. The van der Waals surface area contributed by atoms with Crippen LogP contribution in [-0.2, 0) is 9.53 Å². The number of benzene rings is 1. The first-order chi connectivity index (χ1) is 9.24. The van der Waals surface area contributed by atoms with E-state index in [0.717, 1.165) is 29.0 Å². The Kier molecular flexibility index (Phi) is 3.72. The Morgan fingerprint density at radius 3 is 3.16 bits per heavy atom. The molecule has 0 radical (unpaired) electrons. The van der Waals surface area contributed by atoms with Gasteiger partial charge >= 0.3 is 0 Å². The lowest BCUT2D eigenvalue weighted by Gasteiger charge is -2.34. The van der Waals surface area contributed by atoms with Crippen LogP contribution in [-0.4, -0.2) is 44.8 Å². The van der Waals surface area contributed by atoms with Gasteiger partial charge < -0.3 is 20.3 Å². The van der Waals surface area contributed by atoms with E-state index in [9.17, 15) is 4.79 Å². The second-order valence-corrected chi connectivity index (χ2v) is 5.66. The minimum absolute atomic E-state index is 0.0993. The molecule has 19 heavy (non-hydrogen) atoms. The summed E-state index contributed by atoms with van der Waals surface area (Å²) in [6.07, 6.45) is 0. The molecular formula is C13H16BrN3O2. The molecule has 1 unspecified atom stereocenters. The molecule has 1 atom stereocenters. The van der Waals surface area contributed by atoms with E-state index in [2.05, 4.69) is 26.6 Å². The number of nitrogens with one attached hydrogen (secondary N) is 2. The summed E-state index contributed by atoms with van der Waals surface area (Å²) >= 11 is 3.45. The van der Waals surface area contributed by atoms with Gasteiger partial charge in [-0.1, -0.05) is 15.9 Å². The summed E-state index contributed by atoms with van der Waals surface area (Å²) in [5, 5.41) is 6.53. The monoisotopic (exact) mass is 325 g/mol. The number of hydrogen-bond donors (Lipinski definition) is 2. The van der Waals surface area contributed by atoms with Crippen molar-refractivity contribution < 1.29 is 9.53 Å². The van der Waals surface area contributed by atoms with Crippen LogP contribution in [0, 0.1) is 0 Å². The van der Waals surface area contributed by atoms with Crippen molar-refractivity contribution in [2.45, 2.75) is 6.04 Å². The minimum atomic E-state index is 0.0993. The number of rotatable bonds is 2. The zero-order valence-corrected chi connectivity index (χ0v) is 12.1. The molecule has 1 saturated heterocycles. The predicted octanol–water partition coefficient (Wildman–Crippen LogP) is 1.20. The molecule has 0 aromatic heterocycles. The van der Waals surface area contributed by atoms with Gasteiger partial charge in [-0.15, -0.1) is 0 Å². The summed E-state index contributed by atoms with van der Waals surface area (Å²) in [5.74, 6) is 0.0993. The van der Waals surface area contributed by atoms with Crippen LogP contribution in [0.4, 0.5) is 11.4 Å². The Morgan fingerprint density at radius 1 is 1.47 bits per heavy atom. The zero-order valence-electron chi connectivity index (χ0n) is 10.5. The van der Waals surface area contributed by atoms with Crippen LogP contribution < -0.4 is 15.5 Å². The van der Waals surface area contributed by atoms with Gasteiger partial charge in [-0.25, -0.2) is 0 Å². The van der Waals surface area contributed by atoms with E-state index in [1.54, 1.807) is 0 Å². The highest BCUT2D eigenvalue weighted by molar-refractivity contribution is 9.10. The molecule has 1 amide bonds. The lowest BCUT2D eigenvalue weighted by molar-refractivity contribution is -0.117. The highest BCUT2D eigenvalue weighted by Gasteiger charge is 2.27. The maximum absolute atomic E-state index is 12.1. The van der Waals surface area contributed by atoms with Crippen LogP contribution in [0.15, 0.2) is 22.7 Å². The summed E-state index contributed by atoms with van der Waals surface area (Å²) in [7, 11) is 0. The Morgan fingerprint density at radius 2 is 2.37 bits per heavy atom. The van der Waals surface area contributed by atoms with Gasteiger partial charge in [0.2, 0.25) is 5.91 Å². The molecule has 5 nitrogen and oxygen atoms in total. The number of fused-ring (bicyclic) bond motifs is 1. The van der Waals surface area contributed by atoms with Crippen molar-refractivity contribution in [2.75, 3.05) is 43.1 Å². The lowest BCUT2D eigenvalue weighted by atomic mass is 10.1. The molecule has 0 aliphatic carbocycles. The highest BCUT2D eigenvalue weighted by atomic mass is 79.9. The maximum Gasteiger partial charge on any atom is 0.246 e. The van der Waals surface area contributed by atoms with Gasteiger partial charge in [0, 0.05) is 23.6 Å². The van der Waals surface area contributed by atoms with E-state index in [0.29, 0.717) is 19.7 Å². The fourth-order valence-corrected chi connectivity index (χ4v) is 2.80. The second-order valence-electron chi connectivity index (χ2n) is 4.75. The molecular weight excluding hydrogens is 310 g/mol. The number of anilines is 2. The Labute approximate surface area is 120 Å². The predicted molar refractivity (Wildman–Crippen MR) is 77.6 cm³/mol. The van der Waals surface area contributed by atoms with Crippen LogP contribution in [0.5, 0.6) is 0 Å². The average molecular weight is 326 g/mol. The fraction of sp³-hybridized carbons (Fsp3) is 0.462. The van der Waals surface area contributed by atoms with Crippen molar-refractivity contribution in [3.8, 4) is 0 Å². The van der Waals surface area contributed by atoms with Gasteiger partial charge in [-0.05, 0) is 18.2 Å². The smallest absolute Gasteiger partial charge is 0.246 e. The third kappa shape index (κ3) is 2.75. The molecule has 1 aromatic rings. The summed E-state index contributed by atoms with van der Waals surface area (Å²) < 4.78 is 6.45. The van der Waals surface area contributed by atoms with E-state index < -0.39 is 0 Å². The summed E-state index contributed by atoms with van der Waals surface area (Å²) in [4.78, 5) is 13.9. The van der Waals surface area contributed by atoms with Gasteiger partial charge in [0.15, 0.2) is 0 Å². The largest absolute Gasteiger partial charge is 0.378 e. The number of halogens is 1. The van der Waals surface area contributed by atoms with Gasteiger partial charge in [0.1, 0.15) is 0 Å². The van der Waals surface area contributed by atoms with Crippen LogP contribution in [0.25, 0.3) is 0 Å². The molecule has 102 valence electrons. The summed E-state index contributed by atoms with van der Waals surface area (Å²) in [6, 6.07) is 6.12. The van der Waals surface area contributed by atoms with Gasteiger partial charge in [0.25, 0.3) is 0 Å². The Hall–Kier alpha value is -1.11. The number of carbonyl (C=O) groups is 1. The van der Waals surface area contributed by atoms with Crippen LogP contribution in [0.3, 0.4) is 0 Å². The first kappa shape index (κ1) is 12.9. The number of morpholine rings is 1. The normalized spacial score (nSPS) is 22.9. The molecule has 2 aliphatic heterocycles. The van der Waals surface area contributed by atoms with Crippen LogP contribution in [0.1, 0.15) is 0 Å². The van der Waals surface area contributed by atoms with Crippen molar-refractivity contribution >= 4 is 33.2 Å². The fourth-order valence-electron chi connectivity index (χ4n) is 2.44. The molecule has 2 heterocycles. The summed E-state index contributed by atoms with van der Waals surface area (Å²) in [5.41, 5.74) is 1.93. The Balaban J connectivity index is 1.82. The van der Waals surface area contributed by atoms with E-state index in [1.165, 1.54) is 0 Å². The molecule has 2 aliphatic rings. The SMILES string of the molecule is O=C1CNc2cc(Br)ccc2N1CC1COCCN1. The minimum Gasteiger partial charge on any atom is -0.378 e. The number of ether oxygens (including phenoxy) is 1. The standard InChI is InChI=1S/C13H16BrN3O2/c14-9-1-2-12-11(5-9)16-6-13(18)17(12)7-10-8-19-4-3-15-10/h1-2,5,10,15-16H,3-4,6-8H2. The van der Waals surface area contributed by atoms with Crippen LogP contribution >= 0.6 is 15.9 Å². The quantitative estimate of drug-likeness (QED) is 0.857. The molecule has 0 bridgehead atoms. The molecule has 0 saturated carbocycles. The lowest BCUT2D eigenvalue weighted by Crippen LogP contribution is -2.52. The van der Waals surface area contributed by atoms with Crippen molar-refractivity contribution in [1.82, 2.24) is 5.32 Å². The Bertz CT molecular complexity index is 489. The molecule has 0 spiro atoms. The van der Waals surface area contributed by atoms with Crippen molar-refractivity contribution in [3.05, 3.63) is 22.7 Å². The molecule has 3 rings (SSSR count). The first-order valence-corrected chi connectivity index (χ1v) is 7.18. The molecule has 6 heteroatoms. The van der Waals surface area contributed by atoms with E-state index in [-0.39, 0.29) is 11.9 Å². The average Bonchev–Trinajstić information content (AvgIpc) is 2.43. The number of hydrogen-bond acceptors (Lipinski definition) is 4. The van der Waals surface area contributed by atoms with E-state index in [1.807, 2.05) is 23.1 Å². The first-order valence-electron chi connectivity index (χ1n) is 6.39. The van der Waals surface area contributed by atoms with Gasteiger partial charge in [-0.2, -0.15) is 0 Å². The second kappa shape index (κ2) is 5.48. The van der Waals surface area contributed by atoms with Crippen LogP contribution in [0.2, 0.25) is 0 Å².